The van der Waals surface area contributed by atoms with E-state index >= 15 is 0 Å². The lowest BCUT2D eigenvalue weighted by atomic mass is 9.97. The van der Waals surface area contributed by atoms with E-state index in [2.05, 4.69) is 0 Å². The van der Waals surface area contributed by atoms with Gasteiger partial charge in [0.15, 0.2) is 0 Å². The Morgan fingerprint density at radius 3 is 2.60 bits per heavy atom. The normalized spacial score (nSPS) is 15.8. The van der Waals surface area contributed by atoms with Crippen molar-refractivity contribution >= 4 is 0 Å². The van der Waals surface area contributed by atoms with Gasteiger partial charge in [-0.15, -0.1) is 0 Å². The van der Waals surface area contributed by atoms with Gasteiger partial charge in [0.1, 0.15) is 11.6 Å². The Balaban J connectivity index is 2.13. The zero-order valence-electron chi connectivity index (χ0n) is 8.41. The minimum Gasteiger partial charge on any atom is -0.508 e. The van der Waals surface area contributed by atoms with Crippen molar-refractivity contribution in [2.24, 2.45) is 0 Å². The summed E-state index contributed by atoms with van der Waals surface area (Å²) >= 11 is 0. The second-order valence-electron chi connectivity index (χ2n) is 3.74. The second kappa shape index (κ2) is 4.30. The maximum Gasteiger partial charge on any atom is 0.119 e. The summed E-state index contributed by atoms with van der Waals surface area (Å²) < 4.78 is 12.7. The molecule has 0 aromatic heterocycles. The van der Waals surface area contributed by atoms with Crippen LogP contribution < -0.4 is 0 Å². The topological polar surface area (TPSA) is 20.2 Å². The highest BCUT2D eigenvalue weighted by Gasteiger charge is 2.08. The molecule has 0 heterocycles. The first-order valence-corrected chi connectivity index (χ1v) is 5.06. The van der Waals surface area contributed by atoms with Crippen molar-refractivity contribution in [2.75, 3.05) is 0 Å². The number of para-hydroxylation sites is 1. The van der Waals surface area contributed by atoms with E-state index in [-0.39, 0.29) is 5.83 Å². The molecule has 1 aromatic carbocycles. The summed E-state index contributed by atoms with van der Waals surface area (Å²) in [7, 11) is 0. The molecule has 2 rings (SSSR count). The predicted octanol–water partition coefficient (Wildman–Crippen LogP) is 3.51. The summed E-state index contributed by atoms with van der Waals surface area (Å²) in [6.45, 7) is 0. The van der Waals surface area contributed by atoms with Crippen molar-refractivity contribution in [2.45, 2.75) is 19.3 Å². The van der Waals surface area contributed by atoms with Crippen LogP contribution in [-0.2, 0) is 6.42 Å². The molecule has 15 heavy (non-hydrogen) atoms. The Kier molecular flexibility index (Phi) is 2.86. The molecule has 78 valence electrons. The third-order valence-electron chi connectivity index (χ3n) is 2.59. The van der Waals surface area contributed by atoms with Crippen LogP contribution in [0.1, 0.15) is 18.4 Å². The van der Waals surface area contributed by atoms with Gasteiger partial charge in [0, 0.05) is 6.42 Å². The van der Waals surface area contributed by atoms with Crippen LogP contribution in [0, 0.1) is 0 Å². The van der Waals surface area contributed by atoms with Gasteiger partial charge >= 0.3 is 0 Å². The van der Waals surface area contributed by atoms with E-state index in [0.717, 1.165) is 17.6 Å². The number of hydrogen-bond acceptors (Lipinski definition) is 1. The van der Waals surface area contributed by atoms with Crippen molar-refractivity contribution in [3.8, 4) is 5.75 Å². The van der Waals surface area contributed by atoms with Crippen LogP contribution in [0.5, 0.6) is 5.75 Å². The van der Waals surface area contributed by atoms with Gasteiger partial charge in [0.05, 0.1) is 0 Å². The second-order valence-corrected chi connectivity index (χ2v) is 3.74. The van der Waals surface area contributed by atoms with Gasteiger partial charge in [-0.05, 0) is 30.5 Å². The molecule has 0 unspecified atom stereocenters. The zero-order chi connectivity index (χ0) is 10.7. The SMILES string of the molecule is Oc1ccccc1CC1=CC=C(F)CC1. The van der Waals surface area contributed by atoms with Gasteiger partial charge < -0.3 is 5.11 Å². The van der Waals surface area contributed by atoms with E-state index in [1.165, 1.54) is 6.08 Å². The van der Waals surface area contributed by atoms with Gasteiger partial charge in [-0.3, -0.25) is 0 Å². The fraction of sp³-hybridized carbons (Fsp3) is 0.231. The molecule has 0 bridgehead atoms. The highest BCUT2D eigenvalue weighted by molar-refractivity contribution is 5.36. The van der Waals surface area contributed by atoms with Gasteiger partial charge in [-0.1, -0.05) is 29.8 Å². The lowest BCUT2D eigenvalue weighted by molar-refractivity contribution is 0.469. The summed E-state index contributed by atoms with van der Waals surface area (Å²) in [6, 6.07) is 7.27. The zero-order valence-corrected chi connectivity index (χ0v) is 8.41. The van der Waals surface area contributed by atoms with Crippen LogP contribution in [0.15, 0.2) is 47.8 Å². The standard InChI is InChI=1S/C13H13FO/c14-12-7-5-10(6-8-12)9-11-3-1-2-4-13(11)15/h1-5,7,15H,6,8-9H2. The van der Waals surface area contributed by atoms with Gasteiger partial charge in [0.2, 0.25) is 0 Å². The number of benzene rings is 1. The molecule has 0 saturated heterocycles. The number of allylic oxidation sites excluding steroid dienone is 4. The molecule has 1 aliphatic carbocycles. The highest BCUT2D eigenvalue weighted by atomic mass is 19.1. The maximum atomic E-state index is 12.7. The summed E-state index contributed by atoms with van der Waals surface area (Å²) in [6.07, 6.45) is 5.26. The van der Waals surface area contributed by atoms with Crippen molar-refractivity contribution in [1.29, 1.82) is 0 Å². The summed E-state index contributed by atoms with van der Waals surface area (Å²) in [5.41, 5.74) is 2.07. The quantitative estimate of drug-likeness (QED) is 0.781. The largest absolute Gasteiger partial charge is 0.508 e. The number of phenols is 1. The monoisotopic (exact) mass is 204 g/mol. The first-order valence-electron chi connectivity index (χ1n) is 5.06. The van der Waals surface area contributed by atoms with Crippen LogP contribution in [-0.4, -0.2) is 5.11 Å². The lowest BCUT2D eigenvalue weighted by Gasteiger charge is -2.11. The predicted molar refractivity (Wildman–Crippen MR) is 58.3 cm³/mol. The minimum absolute atomic E-state index is 0.0592. The van der Waals surface area contributed by atoms with E-state index in [9.17, 15) is 9.50 Å². The van der Waals surface area contributed by atoms with Crippen LogP contribution in [0.3, 0.4) is 0 Å². The van der Waals surface area contributed by atoms with Crippen LogP contribution in [0.4, 0.5) is 4.39 Å². The third kappa shape index (κ3) is 2.46. The molecule has 0 atom stereocenters. The highest BCUT2D eigenvalue weighted by Crippen LogP contribution is 2.25. The number of phenolic OH excluding ortho intramolecular Hbond substituents is 1. The van der Waals surface area contributed by atoms with Crippen molar-refractivity contribution in [3.05, 3.63) is 53.4 Å². The molecule has 0 fully saturated rings. The molecule has 1 aliphatic rings. The van der Waals surface area contributed by atoms with Crippen molar-refractivity contribution < 1.29 is 9.50 Å². The molecule has 1 nitrogen and oxygen atoms in total. The molecule has 1 aromatic rings. The van der Waals surface area contributed by atoms with Gasteiger partial charge in [-0.25, -0.2) is 4.39 Å². The first-order chi connectivity index (χ1) is 7.25. The van der Waals surface area contributed by atoms with E-state index in [1.54, 1.807) is 12.1 Å². The maximum absolute atomic E-state index is 12.7. The number of rotatable bonds is 2. The lowest BCUT2D eigenvalue weighted by Crippen LogP contribution is -1.95. The molecular formula is C13H13FO. The molecule has 0 aliphatic heterocycles. The molecule has 0 amide bonds. The number of halogens is 1. The van der Waals surface area contributed by atoms with E-state index < -0.39 is 0 Å². The van der Waals surface area contributed by atoms with Gasteiger partial charge in [-0.2, -0.15) is 0 Å². The average molecular weight is 204 g/mol. The molecule has 0 radical (unpaired) electrons. The molecule has 0 spiro atoms. The smallest absolute Gasteiger partial charge is 0.119 e. The summed E-state index contributed by atoms with van der Waals surface area (Å²) in [4.78, 5) is 0. The van der Waals surface area contributed by atoms with Crippen LogP contribution in [0.2, 0.25) is 0 Å². The van der Waals surface area contributed by atoms with Crippen LogP contribution >= 0.6 is 0 Å². The molecular weight excluding hydrogens is 191 g/mol. The fourth-order valence-corrected chi connectivity index (χ4v) is 1.71. The van der Waals surface area contributed by atoms with Crippen molar-refractivity contribution in [3.63, 3.8) is 0 Å². The summed E-state index contributed by atoms with van der Waals surface area (Å²) in [5.74, 6) is 0.254. The Morgan fingerprint density at radius 2 is 1.93 bits per heavy atom. The third-order valence-corrected chi connectivity index (χ3v) is 2.59. The van der Waals surface area contributed by atoms with E-state index in [1.807, 2.05) is 18.2 Å². The Hall–Kier alpha value is -1.57. The molecule has 0 saturated carbocycles. The Bertz CT molecular complexity index is 418. The minimum atomic E-state index is -0.0592. The Labute approximate surface area is 88.6 Å². The number of hydrogen-bond donors (Lipinski definition) is 1. The fourth-order valence-electron chi connectivity index (χ4n) is 1.71. The number of aromatic hydroxyl groups is 1. The van der Waals surface area contributed by atoms with Gasteiger partial charge in [0.25, 0.3) is 0 Å². The molecule has 1 N–H and O–H groups in total. The van der Waals surface area contributed by atoms with E-state index in [0.29, 0.717) is 18.6 Å². The van der Waals surface area contributed by atoms with Crippen LogP contribution in [0.25, 0.3) is 0 Å². The summed E-state index contributed by atoms with van der Waals surface area (Å²) in [5, 5.41) is 9.58. The first kappa shape index (κ1) is 9.97. The molecule has 2 heteroatoms. The van der Waals surface area contributed by atoms with Crippen molar-refractivity contribution in [1.82, 2.24) is 0 Å². The van der Waals surface area contributed by atoms with E-state index in [4.69, 9.17) is 0 Å². The average Bonchev–Trinajstić information content (AvgIpc) is 2.25. The Morgan fingerprint density at radius 1 is 1.13 bits per heavy atom.